The fraction of sp³-hybridized carbons (Fsp3) is 0.188. The maximum Gasteiger partial charge on any atom is 0.197 e. The minimum Gasteiger partial charge on any atom is -0.441 e. The van der Waals surface area contributed by atoms with Crippen molar-refractivity contribution in [1.29, 1.82) is 0 Å². The molecule has 3 aromatic rings. The average Bonchev–Trinajstić information content (AvgIpc) is 2.79. The first-order valence-electron chi connectivity index (χ1n) is 6.37. The van der Waals surface area contributed by atoms with E-state index in [2.05, 4.69) is 4.98 Å². The standard InChI is InChI=1S/C16H13Cl2NO/c1-10-6-11(8-12(17)7-10)13(18)9-16-19-14-4-2-3-5-15(14)20-16/h2-8,13H,9H2,1H3. The second-order valence-corrected chi connectivity index (χ2v) is 5.77. The van der Waals surface area contributed by atoms with Crippen LogP contribution >= 0.6 is 23.2 Å². The van der Waals surface area contributed by atoms with Crippen LogP contribution < -0.4 is 0 Å². The van der Waals surface area contributed by atoms with E-state index in [0.717, 1.165) is 22.2 Å². The van der Waals surface area contributed by atoms with Gasteiger partial charge in [-0.2, -0.15) is 0 Å². The van der Waals surface area contributed by atoms with Crippen molar-refractivity contribution < 1.29 is 4.42 Å². The molecule has 0 bridgehead atoms. The summed E-state index contributed by atoms with van der Waals surface area (Å²) in [5, 5.41) is 0.490. The third kappa shape index (κ3) is 2.82. The quantitative estimate of drug-likeness (QED) is 0.613. The number of halogens is 2. The Bertz CT molecular complexity index is 698. The molecule has 0 aliphatic carbocycles. The molecule has 0 saturated heterocycles. The van der Waals surface area contributed by atoms with Crippen molar-refractivity contribution in [2.75, 3.05) is 0 Å². The van der Waals surface area contributed by atoms with Crippen LogP contribution in [0.15, 0.2) is 46.9 Å². The van der Waals surface area contributed by atoms with Crippen molar-refractivity contribution >= 4 is 34.3 Å². The number of oxazole rings is 1. The van der Waals surface area contributed by atoms with Crippen LogP contribution in [0.3, 0.4) is 0 Å². The summed E-state index contributed by atoms with van der Waals surface area (Å²) in [6.07, 6.45) is 0.538. The number of para-hydroxylation sites is 2. The first-order chi connectivity index (χ1) is 9.61. The van der Waals surface area contributed by atoms with E-state index in [-0.39, 0.29) is 5.38 Å². The molecule has 1 heterocycles. The number of rotatable bonds is 3. The van der Waals surface area contributed by atoms with Gasteiger partial charge in [-0.3, -0.25) is 0 Å². The van der Waals surface area contributed by atoms with E-state index >= 15 is 0 Å². The van der Waals surface area contributed by atoms with Crippen LogP contribution in [0.5, 0.6) is 0 Å². The third-order valence-corrected chi connectivity index (χ3v) is 3.74. The summed E-state index contributed by atoms with van der Waals surface area (Å²) in [6, 6.07) is 13.5. The largest absolute Gasteiger partial charge is 0.441 e. The van der Waals surface area contributed by atoms with Crippen molar-refractivity contribution in [2.45, 2.75) is 18.7 Å². The van der Waals surface area contributed by atoms with Gasteiger partial charge in [0, 0.05) is 11.4 Å². The number of hydrogen-bond donors (Lipinski definition) is 0. The van der Waals surface area contributed by atoms with Gasteiger partial charge in [0.1, 0.15) is 5.52 Å². The average molecular weight is 306 g/mol. The Morgan fingerprint density at radius 1 is 1.20 bits per heavy atom. The Kier molecular flexibility index (Phi) is 3.68. The molecule has 0 N–H and O–H groups in total. The highest BCUT2D eigenvalue weighted by atomic mass is 35.5. The monoisotopic (exact) mass is 305 g/mol. The molecule has 0 aliphatic heterocycles. The number of alkyl halides is 1. The van der Waals surface area contributed by atoms with E-state index in [1.54, 1.807) is 0 Å². The molecule has 1 unspecified atom stereocenters. The van der Waals surface area contributed by atoms with Crippen molar-refractivity contribution in [3.05, 3.63) is 64.5 Å². The number of benzene rings is 2. The molecule has 0 saturated carbocycles. The molecule has 20 heavy (non-hydrogen) atoms. The summed E-state index contributed by atoms with van der Waals surface area (Å²) >= 11 is 12.5. The zero-order valence-electron chi connectivity index (χ0n) is 10.9. The molecule has 0 radical (unpaired) electrons. The molecular weight excluding hydrogens is 293 g/mol. The van der Waals surface area contributed by atoms with E-state index in [9.17, 15) is 0 Å². The van der Waals surface area contributed by atoms with Crippen molar-refractivity contribution in [3.8, 4) is 0 Å². The zero-order chi connectivity index (χ0) is 14.1. The number of fused-ring (bicyclic) bond motifs is 1. The normalized spacial score (nSPS) is 12.8. The van der Waals surface area contributed by atoms with E-state index < -0.39 is 0 Å². The van der Waals surface area contributed by atoms with Gasteiger partial charge in [-0.25, -0.2) is 4.98 Å². The topological polar surface area (TPSA) is 26.0 Å². The predicted molar refractivity (Wildman–Crippen MR) is 82.5 cm³/mol. The highest BCUT2D eigenvalue weighted by molar-refractivity contribution is 6.30. The van der Waals surface area contributed by atoms with Crippen LogP contribution in [0, 0.1) is 6.92 Å². The predicted octanol–water partition coefficient (Wildman–Crippen LogP) is 5.31. The van der Waals surface area contributed by atoms with Crippen LogP contribution in [0.2, 0.25) is 5.02 Å². The van der Waals surface area contributed by atoms with Gasteiger partial charge in [-0.05, 0) is 42.3 Å². The van der Waals surface area contributed by atoms with Crippen LogP contribution in [0.25, 0.3) is 11.1 Å². The van der Waals surface area contributed by atoms with Crippen LogP contribution in [0.1, 0.15) is 22.4 Å². The fourth-order valence-corrected chi connectivity index (χ4v) is 2.78. The van der Waals surface area contributed by atoms with Gasteiger partial charge in [0.2, 0.25) is 0 Å². The minimum atomic E-state index is -0.208. The van der Waals surface area contributed by atoms with Crippen LogP contribution in [-0.4, -0.2) is 4.98 Å². The molecule has 1 aromatic heterocycles. The highest BCUT2D eigenvalue weighted by Gasteiger charge is 2.14. The highest BCUT2D eigenvalue weighted by Crippen LogP contribution is 2.29. The van der Waals surface area contributed by atoms with E-state index in [1.807, 2.05) is 49.4 Å². The molecule has 2 aromatic carbocycles. The molecule has 3 rings (SSSR count). The van der Waals surface area contributed by atoms with Gasteiger partial charge in [-0.15, -0.1) is 11.6 Å². The van der Waals surface area contributed by atoms with Gasteiger partial charge in [0.05, 0.1) is 5.38 Å². The van der Waals surface area contributed by atoms with Gasteiger partial charge in [-0.1, -0.05) is 29.8 Å². The lowest BCUT2D eigenvalue weighted by Gasteiger charge is -2.09. The SMILES string of the molecule is Cc1cc(Cl)cc(C(Cl)Cc2nc3ccccc3o2)c1. The number of hydrogen-bond acceptors (Lipinski definition) is 2. The molecule has 0 amide bonds. The summed E-state index contributed by atoms with van der Waals surface area (Å²) in [4.78, 5) is 4.44. The van der Waals surface area contributed by atoms with E-state index in [4.69, 9.17) is 27.6 Å². The lowest BCUT2D eigenvalue weighted by atomic mass is 10.1. The Morgan fingerprint density at radius 2 is 2.00 bits per heavy atom. The Morgan fingerprint density at radius 3 is 2.75 bits per heavy atom. The summed E-state index contributed by atoms with van der Waals surface area (Å²) in [6.45, 7) is 2.00. The maximum atomic E-state index is 6.45. The molecule has 1 atom stereocenters. The Labute approximate surface area is 127 Å². The summed E-state index contributed by atoms with van der Waals surface area (Å²) in [7, 11) is 0. The number of aryl methyl sites for hydroxylation is 1. The summed E-state index contributed by atoms with van der Waals surface area (Å²) < 4.78 is 5.69. The molecular formula is C16H13Cl2NO. The number of aromatic nitrogens is 1. The van der Waals surface area contributed by atoms with Crippen molar-refractivity contribution in [2.24, 2.45) is 0 Å². The maximum absolute atomic E-state index is 6.45. The van der Waals surface area contributed by atoms with Crippen molar-refractivity contribution in [1.82, 2.24) is 4.98 Å². The molecule has 2 nitrogen and oxygen atoms in total. The van der Waals surface area contributed by atoms with Gasteiger partial charge < -0.3 is 4.42 Å². The van der Waals surface area contributed by atoms with Gasteiger partial charge >= 0.3 is 0 Å². The fourth-order valence-electron chi connectivity index (χ4n) is 2.22. The lowest BCUT2D eigenvalue weighted by Crippen LogP contribution is -1.97. The van der Waals surface area contributed by atoms with E-state index in [0.29, 0.717) is 17.3 Å². The number of nitrogens with zero attached hydrogens (tertiary/aromatic N) is 1. The lowest BCUT2D eigenvalue weighted by molar-refractivity contribution is 0.525. The molecule has 0 fully saturated rings. The second kappa shape index (κ2) is 5.47. The molecule has 0 spiro atoms. The first kappa shape index (κ1) is 13.5. The first-order valence-corrected chi connectivity index (χ1v) is 7.19. The minimum absolute atomic E-state index is 0.208. The summed E-state index contributed by atoms with van der Waals surface area (Å²) in [5.41, 5.74) is 3.72. The van der Waals surface area contributed by atoms with Gasteiger partial charge in [0.25, 0.3) is 0 Å². The van der Waals surface area contributed by atoms with Crippen LogP contribution in [0.4, 0.5) is 0 Å². The van der Waals surface area contributed by atoms with Gasteiger partial charge in [0.15, 0.2) is 11.5 Å². The molecule has 102 valence electrons. The molecule has 4 heteroatoms. The van der Waals surface area contributed by atoms with E-state index in [1.165, 1.54) is 0 Å². The zero-order valence-corrected chi connectivity index (χ0v) is 12.4. The molecule has 0 aliphatic rings. The second-order valence-electron chi connectivity index (χ2n) is 4.81. The smallest absolute Gasteiger partial charge is 0.197 e. The Hall–Kier alpha value is -1.51. The van der Waals surface area contributed by atoms with Crippen LogP contribution in [-0.2, 0) is 6.42 Å². The third-order valence-electron chi connectivity index (χ3n) is 3.12. The summed E-state index contributed by atoms with van der Waals surface area (Å²) in [5.74, 6) is 0.642. The van der Waals surface area contributed by atoms with Crippen molar-refractivity contribution in [3.63, 3.8) is 0 Å². The Balaban J connectivity index is 1.86.